The van der Waals surface area contributed by atoms with E-state index in [0.29, 0.717) is 4.90 Å². The summed E-state index contributed by atoms with van der Waals surface area (Å²) in [6, 6.07) is -0.682. The second kappa shape index (κ2) is 4.99. The summed E-state index contributed by atoms with van der Waals surface area (Å²) < 4.78 is 36.1. The van der Waals surface area contributed by atoms with Crippen LogP contribution in [0.5, 0.6) is 0 Å². The Morgan fingerprint density at radius 1 is 1.33 bits per heavy atom. The maximum Gasteiger partial charge on any atom is 0.471 e. The number of alkyl halides is 3. The molecule has 0 atom stereocenters. The first-order chi connectivity index (χ1) is 6.66. The first kappa shape index (κ1) is 13.7. The summed E-state index contributed by atoms with van der Waals surface area (Å²) in [6.07, 6.45) is -5.46. The quantitative estimate of drug-likeness (QED) is 0.786. The lowest BCUT2D eigenvalue weighted by Crippen LogP contribution is -2.45. The molecule has 0 bridgehead atoms. The third-order valence-electron chi connectivity index (χ3n) is 1.69. The third-order valence-corrected chi connectivity index (χ3v) is 1.69. The van der Waals surface area contributed by atoms with Gasteiger partial charge in [-0.1, -0.05) is 0 Å². The molecule has 0 rings (SSSR count). The molecule has 0 saturated heterocycles. The Balaban J connectivity index is 4.54. The van der Waals surface area contributed by atoms with Crippen LogP contribution in [0.3, 0.4) is 0 Å². The van der Waals surface area contributed by atoms with E-state index in [1.807, 2.05) is 0 Å². The SMILES string of the molecule is CC(C)N(CCC(=O)O)C(=O)C(F)(F)F. The number of halogens is 3. The summed E-state index contributed by atoms with van der Waals surface area (Å²) in [7, 11) is 0. The normalized spacial score (nSPS) is 11.6. The topological polar surface area (TPSA) is 57.6 Å². The number of hydrogen-bond acceptors (Lipinski definition) is 2. The van der Waals surface area contributed by atoms with Crippen LogP contribution in [0.2, 0.25) is 0 Å². The molecule has 1 N–H and O–H groups in total. The van der Waals surface area contributed by atoms with Crippen molar-refractivity contribution in [1.29, 1.82) is 0 Å². The van der Waals surface area contributed by atoms with E-state index in [9.17, 15) is 22.8 Å². The number of carbonyl (C=O) groups excluding carboxylic acids is 1. The highest BCUT2D eigenvalue weighted by atomic mass is 19.4. The molecule has 0 aromatic carbocycles. The van der Waals surface area contributed by atoms with Crippen LogP contribution in [0.15, 0.2) is 0 Å². The Kier molecular flexibility index (Phi) is 4.57. The number of hydrogen-bond donors (Lipinski definition) is 1. The standard InChI is InChI=1S/C8H12F3NO3/c1-5(2)12(4-3-6(13)14)7(15)8(9,10)11/h5H,3-4H2,1-2H3,(H,13,14). The van der Waals surface area contributed by atoms with E-state index in [2.05, 4.69) is 0 Å². The first-order valence-electron chi connectivity index (χ1n) is 4.26. The summed E-state index contributed by atoms with van der Waals surface area (Å²) in [4.78, 5) is 21.5. The van der Waals surface area contributed by atoms with E-state index >= 15 is 0 Å². The summed E-state index contributed by atoms with van der Waals surface area (Å²) in [5.74, 6) is -3.24. The summed E-state index contributed by atoms with van der Waals surface area (Å²) in [5, 5.41) is 8.31. The smallest absolute Gasteiger partial charge is 0.471 e. The number of carboxylic acid groups (broad SMARTS) is 1. The van der Waals surface area contributed by atoms with Gasteiger partial charge in [0.05, 0.1) is 6.42 Å². The Morgan fingerprint density at radius 3 is 2.07 bits per heavy atom. The predicted molar refractivity (Wildman–Crippen MR) is 45.2 cm³/mol. The van der Waals surface area contributed by atoms with Crippen molar-refractivity contribution >= 4 is 11.9 Å². The number of amides is 1. The van der Waals surface area contributed by atoms with Crippen LogP contribution in [-0.2, 0) is 9.59 Å². The Morgan fingerprint density at radius 2 is 1.80 bits per heavy atom. The third kappa shape index (κ3) is 4.66. The van der Waals surface area contributed by atoms with Gasteiger partial charge in [0.2, 0.25) is 0 Å². The molecule has 15 heavy (non-hydrogen) atoms. The van der Waals surface area contributed by atoms with Gasteiger partial charge in [0.1, 0.15) is 0 Å². The van der Waals surface area contributed by atoms with Gasteiger partial charge in [-0.2, -0.15) is 13.2 Å². The average molecular weight is 227 g/mol. The molecule has 0 heterocycles. The van der Waals surface area contributed by atoms with E-state index < -0.39 is 37.1 Å². The number of carboxylic acids is 1. The zero-order valence-corrected chi connectivity index (χ0v) is 8.34. The summed E-state index contributed by atoms with van der Waals surface area (Å²) >= 11 is 0. The number of nitrogens with zero attached hydrogens (tertiary/aromatic N) is 1. The van der Waals surface area contributed by atoms with Crippen molar-refractivity contribution in [3.8, 4) is 0 Å². The molecule has 0 aliphatic carbocycles. The lowest BCUT2D eigenvalue weighted by Gasteiger charge is -2.26. The van der Waals surface area contributed by atoms with Crippen molar-refractivity contribution in [1.82, 2.24) is 4.90 Å². The largest absolute Gasteiger partial charge is 0.481 e. The van der Waals surface area contributed by atoms with Crippen LogP contribution in [-0.4, -0.2) is 40.6 Å². The molecule has 0 aliphatic rings. The monoisotopic (exact) mass is 227 g/mol. The van der Waals surface area contributed by atoms with E-state index in [4.69, 9.17) is 5.11 Å². The highest BCUT2D eigenvalue weighted by Crippen LogP contribution is 2.20. The molecule has 88 valence electrons. The number of aliphatic carboxylic acids is 1. The average Bonchev–Trinajstić information content (AvgIpc) is 2.01. The van der Waals surface area contributed by atoms with Crippen LogP contribution in [0, 0.1) is 0 Å². The predicted octanol–water partition coefficient (Wildman–Crippen LogP) is 1.26. The summed E-state index contributed by atoms with van der Waals surface area (Å²) in [6.45, 7) is 2.35. The molecule has 4 nitrogen and oxygen atoms in total. The van der Waals surface area contributed by atoms with Gasteiger partial charge in [0.25, 0.3) is 0 Å². The highest BCUT2D eigenvalue weighted by Gasteiger charge is 2.43. The van der Waals surface area contributed by atoms with Crippen LogP contribution < -0.4 is 0 Å². The Labute approximate surface area is 84.7 Å². The van der Waals surface area contributed by atoms with Gasteiger partial charge in [-0.25, -0.2) is 0 Å². The molecule has 0 saturated carbocycles. The molecule has 7 heteroatoms. The van der Waals surface area contributed by atoms with Gasteiger partial charge >= 0.3 is 18.1 Å². The fourth-order valence-electron chi connectivity index (χ4n) is 0.973. The second-order valence-electron chi connectivity index (χ2n) is 3.23. The Hall–Kier alpha value is -1.27. The fourth-order valence-corrected chi connectivity index (χ4v) is 0.973. The number of carbonyl (C=O) groups is 2. The van der Waals surface area contributed by atoms with Gasteiger partial charge in [0.15, 0.2) is 0 Å². The van der Waals surface area contributed by atoms with Crippen molar-refractivity contribution in [3.05, 3.63) is 0 Å². The van der Waals surface area contributed by atoms with E-state index in [-0.39, 0.29) is 0 Å². The van der Waals surface area contributed by atoms with Crippen molar-refractivity contribution in [2.45, 2.75) is 32.5 Å². The molecule has 0 unspecified atom stereocenters. The molecule has 0 aliphatic heterocycles. The van der Waals surface area contributed by atoms with Crippen molar-refractivity contribution in [3.63, 3.8) is 0 Å². The molecule has 0 fully saturated rings. The van der Waals surface area contributed by atoms with E-state index in [0.717, 1.165) is 0 Å². The van der Waals surface area contributed by atoms with Crippen molar-refractivity contribution in [2.75, 3.05) is 6.54 Å². The van der Waals surface area contributed by atoms with Crippen molar-refractivity contribution < 1.29 is 27.9 Å². The maximum atomic E-state index is 12.0. The van der Waals surface area contributed by atoms with Gasteiger partial charge in [0, 0.05) is 12.6 Å². The van der Waals surface area contributed by atoms with Gasteiger partial charge in [-0.15, -0.1) is 0 Å². The maximum absolute atomic E-state index is 12.0. The Bertz CT molecular complexity index is 250. The molecular formula is C8H12F3NO3. The molecule has 0 radical (unpaired) electrons. The van der Waals surface area contributed by atoms with Gasteiger partial charge in [-0.3, -0.25) is 9.59 Å². The molecule has 0 spiro atoms. The van der Waals surface area contributed by atoms with Crippen LogP contribution in [0.4, 0.5) is 13.2 Å². The van der Waals surface area contributed by atoms with Gasteiger partial charge < -0.3 is 10.0 Å². The van der Waals surface area contributed by atoms with Crippen LogP contribution >= 0.6 is 0 Å². The zero-order chi connectivity index (χ0) is 12.2. The minimum atomic E-state index is -4.96. The first-order valence-corrected chi connectivity index (χ1v) is 4.26. The van der Waals surface area contributed by atoms with E-state index in [1.165, 1.54) is 13.8 Å². The highest BCUT2D eigenvalue weighted by molar-refractivity contribution is 5.82. The molecule has 1 amide bonds. The van der Waals surface area contributed by atoms with Crippen LogP contribution in [0.25, 0.3) is 0 Å². The number of rotatable bonds is 4. The molecule has 0 aromatic rings. The lowest BCUT2D eigenvalue weighted by atomic mass is 10.2. The minimum absolute atomic E-state index is 0.439. The molecular weight excluding hydrogens is 215 g/mol. The van der Waals surface area contributed by atoms with E-state index in [1.54, 1.807) is 0 Å². The van der Waals surface area contributed by atoms with Gasteiger partial charge in [-0.05, 0) is 13.8 Å². The minimum Gasteiger partial charge on any atom is -0.481 e. The summed E-state index contributed by atoms with van der Waals surface area (Å²) in [5.41, 5.74) is 0. The fraction of sp³-hybridized carbons (Fsp3) is 0.750. The van der Waals surface area contributed by atoms with Crippen molar-refractivity contribution in [2.24, 2.45) is 0 Å². The molecule has 0 aromatic heterocycles. The lowest BCUT2D eigenvalue weighted by molar-refractivity contribution is -0.187. The zero-order valence-electron chi connectivity index (χ0n) is 8.34. The second-order valence-corrected chi connectivity index (χ2v) is 3.23. The van der Waals surface area contributed by atoms with Crippen LogP contribution in [0.1, 0.15) is 20.3 Å².